The molecule has 170 valence electrons. The fourth-order valence-electron chi connectivity index (χ4n) is 4.24. The SMILES string of the molecule is O=c1c2ccccc2oc2c(OCCN3CCN(CCOc4ccccc4)CC3)cccc12. The Balaban J connectivity index is 1.12. The highest BCUT2D eigenvalue weighted by Gasteiger charge is 2.17. The van der Waals surface area contributed by atoms with Crippen molar-refractivity contribution < 1.29 is 13.9 Å². The van der Waals surface area contributed by atoms with Gasteiger partial charge in [0.15, 0.2) is 11.3 Å². The van der Waals surface area contributed by atoms with Crippen molar-refractivity contribution >= 4 is 21.9 Å². The van der Waals surface area contributed by atoms with E-state index < -0.39 is 0 Å². The molecular weight excluding hydrogens is 416 g/mol. The van der Waals surface area contributed by atoms with E-state index in [0.29, 0.717) is 40.9 Å². The third-order valence-electron chi connectivity index (χ3n) is 6.12. The number of piperazine rings is 1. The summed E-state index contributed by atoms with van der Waals surface area (Å²) in [6, 6.07) is 22.8. The van der Waals surface area contributed by atoms with Crippen molar-refractivity contribution in [2.75, 3.05) is 52.5 Å². The van der Waals surface area contributed by atoms with Crippen molar-refractivity contribution in [2.45, 2.75) is 0 Å². The minimum Gasteiger partial charge on any atom is -0.492 e. The van der Waals surface area contributed by atoms with Gasteiger partial charge in [0, 0.05) is 39.3 Å². The van der Waals surface area contributed by atoms with Gasteiger partial charge in [0.1, 0.15) is 24.5 Å². The number of hydrogen-bond donors (Lipinski definition) is 0. The molecule has 2 heterocycles. The highest BCUT2D eigenvalue weighted by molar-refractivity contribution is 5.92. The van der Waals surface area contributed by atoms with Crippen molar-refractivity contribution in [2.24, 2.45) is 0 Å². The smallest absolute Gasteiger partial charge is 0.200 e. The first-order valence-corrected chi connectivity index (χ1v) is 11.5. The Labute approximate surface area is 192 Å². The Hall–Kier alpha value is -3.35. The predicted molar refractivity (Wildman–Crippen MR) is 130 cm³/mol. The zero-order valence-electron chi connectivity index (χ0n) is 18.6. The molecular formula is C27H28N2O4. The van der Waals surface area contributed by atoms with Crippen molar-refractivity contribution in [1.82, 2.24) is 9.80 Å². The number of rotatable bonds is 8. The van der Waals surface area contributed by atoms with Gasteiger partial charge in [-0.2, -0.15) is 0 Å². The molecule has 4 aromatic rings. The molecule has 1 aliphatic rings. The van der Waals surface area contributed by atoms with E-state index in [1.807, 2.05) is 60.7 Å². The normalized spacial score (nSPS) is 15.2. The van der Waals surface area contributed by atoms with Gasteiger partial charge in [-0.05, 0) is 36.4 Å². The summed E-state index contributed by atoms with van der Waals surface area (Å²) >= 11 is 0. The summed E-state index contributed by atoms with van der Waals surface area (Å²) in [5, 5.41) is 1.15. The topological polar surface area (TPSA) is 55.2 Å². The van der Waals surface area contributed by atoms with E-state index in [1.54, 1.807) is 12.1 Å². The first kappa shape index (κ1) is 21.5. The van der Waals surface area contributed by atoms with E-state index in [9.17, 15) is 4.79 Å². The average Bonchev–Trinajstić information content (AvgIpc) is 2.86. The maximum Gasteiger partial charge on any atom is 0.200 e. The molecule has 3 aromatic carbocycles. The molecule has 1 aliphatic heterocycles. The van der Waals surface area contributed by atoms with Crippen LogP contribution in [0.4, 0.5) is 0 Å². The zero-order chi connectivity index (χ0) is 22.5. The summed E-state index contributed by atoms with van der Waals surface area (Å²) in [5.74, 6) is 1.54. The highest BCUT2D eigenvalue weighted by atomic mass is 16.5. The summed E-state index contributed by atoms with van der Waals surface area (Å²) in [5.41, 5.74) is 1.08. The fourth-order valence-corrected chi connectivity index (χ4v) is 4.24. The number of benzene rings is 3. The summed E-state index contributed by atoms with van der Waals surface area (Å²) in [6.45, 7) is 7.07. The van der Waals surface area contributed by atoms with Gasteiger partial charge >= 0.3 is 0 Å². The first-order chi connectivity index (χ1) is 16.3. The van der Waals surface area contributed by atoms with Crippen LogP contribution >= 0.6 is 0 Å². The monoisotopic (exact) mass is 444 g/mol. The second-order valence-corrected chi connectivity index (χ2v) is 8.25. The average molecular weight is 445 g/mol. The van der Waals surface area contributed by atoms with E-state index in [-0.39, 0.29) is 5.43 Å². The largest absolute Gasteiger partial charge is 0.492 e. The van der Waals surface area contributed by atoms with Crippen LogP contribution in [0.5, 0.6) is 11.5 Å². The van der Waals surface area contributed by atoms with Crippen LogP contribution in [0.25, 0.3) is 21.9 Å². The lowest BCUT2D eigenvalue weighted by molar-refractivity contribution is 0.105. The third kappa shape index (κ3) is 5.02. The molecule has 0 unspecified atom stereocenters. The second-order valence-electron chi connectivity index (χ2n) is 8.25. The van der Waals surface area contributed by atoms with Gasteiger partial charge in [0.25, 0.3) is 0 Å². The molecule has 6 nitrogen and oxygen atoms in total. The first-order valence-electron chi connectivity index (χ1n) is 11.5. The van der Waals surface area contributed by atoms with Crippen LogP contribution in [-0.4, -0.2) is 62.3 Å². The van der Waals surface area contributed by atoms with Gasteiger partial charge in [-0.15, -0.1) is 0 Å². The van der Waals surface area contributed by atoms with Crippen LogP contribution in [0.2, 0.25) is 0 Å². The molecule has 0 aliphatic carbocycles. The van der Waals surface area contributed by atoms with Gasteiger partial charge in [-0.25, -0.2) is 0 Å². The Morgan fingerprint density at radius 3 is 2.09 bits per heavy atom. The second kappa shape index (κ2) is 10.1. The molecule has 0 amide bonds. The molecule has 33 heavy (non-hydrogen) atoms. The minimum absolute atomic E-state index is 0.0235. The molecule has 1 aromatic heterocycles. The van der Waals surface area contributed by atoms with Crippen LogP contribution in [0.3, 0.4) is 0 Å². The quantitative estimate of drug-likeness (QED) is 0.383. The molecule has 0 radical (unpaired) electrons. The van der Waals surface area contributed by atoms with Crippen molar-refractivity contribution in [3.05, 3.63) is 83.0 Å². The standard InChI is InChI=1S/C27H28N2O4/c30-26-22-9-4-5-11-24(22)33-27-23(26)10-6-12-25(27)32-20-18-29-15-13-28(14-16-29)17-19-31-21-7-2-1-3-8-21/h1-12H,13-20H2. The van der Waals surface area contributed by atoms with E-state index in [0.717, 1.165) is 45.0 Å². The molecule has 0 bridgehead atoms. The van der Waals surface area contributed by atoms with Crippen LogP contribution in [0.15, 0.2) is 82.0 Å². The van der Waals surface area contributed by atoms with Gasteiger partial charge in [-0.3, -0.25) is 14.6 Å². The number of fused-ring (bicyclic) bond motifs is 2. The molecule has 1 fully saturated rings. The Kier molecular flexibility index (Phi) is 6.56. The lowest BCUT2D eigenvalue weighted by atomic mass is 10.1. The van der Waals surface area contributed by atoms with Gasteiger partial charge in [0.2, 0.25) is 5.43 Å². The van der Waals surface area contributed by atoms with Crippen molar-refractivity contribution in [3.63, 3.8) is 0 Å². The molecule has 0 spiro atoms. The zero-order valence-corrected chi connectivity index (χ0v) is 18.6. The lowest BCUT2D eigenvalue weighted by Gasteiger charge is -2.34. The molecule has 5 rings (SSSR count). The van der Waals surface area contributed by atoms with E-state index in [1.165, 1.54) is 0 Å². The highest BCUT2D eigenvalue weighted by Crippen LogP contribution is 2.27. The van der Waals surface area contributed by atoms with Crippen molar-refractivity contribution in [3.8, 4) is 11.5 Å². The van der Waals surface area contributed by atoms with E-state index >= 15 is 0 Å². The Morgan fingerprint density at radius 2 is 1.33 bits per heavy atom. The molecule has 0 atom stereocenters. The molecule has 1 saturated heterocycles. The maximum atomic E-state index is 12.8. The number of ether oxygens (including phenoxy) is 2. The fraction of sp³-hybridized carbons (Fsp3) is 0.296. The van der Waals surface area contributed by atoms with Crippen LogP contribution in [0.1, 0.15) is 0 Å². The summed E-state index contributed by atoms with van der Waals surface area (Å²) in [6.07, 6.45) is 0. The van der Waals surface area contributed by atoms with Gasteiger partial charge in [0.05, 0.1) is 10.8 Å². The maximum absolute atomic E-state index is 12.8. The summed E-state index contributed by atoms with van der Waals surface area (Å²) in [4.78, 5) is 17.7. The van der Waals surface area contributed by atoms with E-state index in [4.69, 9.17) is 13.9 Å². The van der Waals surface area contributed by atoms with Gasteiger partial charge in [-0.1, -0.05) is 36.4 Å². The summed E-state index contributed by atoms with van der Waals surface area (Å²) in [7, 11) is 0. The predicted octanol–water partition coefficient (Wildman–Crippen LogP) is 4.02. The molecule has 0 N–H and O–H groups in total. The Bertz CT molecular complexity index is 1260. The van der Waals surface area contributed by atoms with Crippen LogP contribution in [0, 0.1) is 0 Å². The van der Waals surface area contributed by atoms with Crippen LogP contribution in [-0.2, 0) is 0 Å². The summed E-state index contributed by atoms with van der Waals surface area (Å²) < 4.78 is 17.9. The molecule has 6 heteroatoms. The Morgan fingerprint density at radius 1 is 0.697 bits per heavy atom. The number of para-hydroxylation sites is 3. The van der Waals surface area contributed by atoms with Crippen LogP contribution < -0.4 is 14.9 Å². The number of hydrogen-bond acceptors (Lipinski definition) is 6. The molecule has 0 saturated carbocycles. The lowest BCUT2D eigenvalue weighted by Crippen LogP contribution is -2.48. The van der Waals surface area contributed by atoms with E-state index in [2.05, 4.69) is 9.80 Å². The minimum atomic E-state index is -0.0235. The number of nitrogens with zero attached hydrogens (tertiary/aromatic N) is 2. The van der Waals surface area contributed by atoms with Crippen molar-refractivity contribution in [1.29, 1.82) is 0 Å². The van der Waals surface area contributed by atoms with Gasteiger partial charge < -0.3 is 13.9 Å². The third-order valence-corrected chi connectivity index (χ3v) is 6.12.